The van der Waals surface area contributed by atoms with Crippen LogP contribution >= 0.6 is 11.6 Å². The molecule has 1 aromatic carbocycles. The highest BCUT2D eigenvalue weighted by molar-refractivity contribution is 6.33. The molecule has 0 amide bonds. The Kier molecular flexibility index (Phi) is 3.61. The molecule has 4 heteroatoms. The lowest BCUT2D eigenvalue weighted by Gasteiger charge is -2.08. The Hall–Kier alpha value is -1.40. The van der Waals surface area contributed by atoms with Crippen LogP contribution in [0.15, 0.2) is 12.1 Å². The summed E-state index contributed by atoms with van der Waals surface area (Å²) in [5.41, 5.74) is 0.849. The molecular weight excluding hydrogens is 200 g/mol. The normalized spacial score (nSPS) is 9.50. The summed E-state index contributed by atoms with van der Waals surface area (Å²) in [6, 6.07) is 5.13. The zero-order chi connectivity index (χ0) is 10.6. The molecule has 0 bridgehead atoms. The summed E-state index contributed by atoms with van der Waals surface area (Å²) in [6.07, 6.45) is 0.955. The van der Waals surface area contributed by atoms with Crippen molar-refractivity contribution in [2.45, 2.75) is 13.3 Å². The number of aromatic hydroxyl groups is 1. The highest BCUT2D eigenvalue weighted by atomic mass is 35.5. The van der Waals surface area contributed by atoms with E-state index in [4.69, 9.17) is 16.9 Å². The van der Waals surface area contributed by atoms with Gasteiger partial charge in [0.2, 0.25) is 0 Å². The number of hydrogen-bond acceptors (Lipinski definition) is 3. The van der Waals surface area contributed by atoms with E-state index in [0.29, 0.717) is 5.69 Å². The second-order valence-electron chi connectivity index (χ2n) is 2.86. The van der Waals surface area contributed by atoms with Gasteiger partial charge in [0.15, 0.2) is 5.75 Å². The average Bonchev–Trinajstić information content (AvgIpc) is 2.20. The number of hydrogen-bond donors (Lipinski definition) is 2. The van der Waals surface area contributed by atoms with Crippen LogP contribution in [0.4, 0.5) is 5.69 Å². The van der Waals surface area contributed by atoms with Crippen LogP contribution in [0.1, 0.15) is 18.9 Å². The predicted molar refractivity (Wildman–Crippen MR) is 56.6 cm³/mol. The number of nitrogens with zero attached hydrogens (tertiary/aromatic N) is 1. The fourth-order valence-electron chi connectivity index (χ4n) is 1.05. The molecular formula is C10H11ClN2O. The molecule has 0 atom stereocenters. The fourth-order valence-corrected chi connectivity index (χ4v) is 1.26. The van der Waals surface area contributed by atoms with Crippen molar-refractivity contribution < 1.29 is 5.11 Å². The second-order valence-corrected chi connectivity index (χ2v) is 3.24. The quantitative estimate of drug-likeness (QED) is 0.755. The Labute approximate surface area is 87.9 Å². The van der Waals surface area contributed by atoms with Crippen LogP contribution in [-0.2, 0) is 0 Å². The van der Waals surface area contributed by atoms with Crippen LogP contribution in [0.5, 0.6) is 5.75 Å². The molecule has 0 aromatic heterocycles. The molecule has 0 aliphatic carbocycles. The maximum absolute atomic E-state index is 9.59. The van der Waals surface area contributed by atoms with Gasteiger partial charge in [-0.1, -0.05) is 18.5 Å². The molecule has 3 nitrogen and oxygen atoms in total. The van der Waals surface area contributed by atoms with Crippen LogP contribution in [-0.4, -0.2) is 11.7 Å². The van der Waals surface area contributed by atoms with Crippen LogP contribution in [0.3, 0.4) is 0 Å². The standard InChI is InChI=1S/C10H11ClN2O/c1-2-5-13-8-4-3-7(6-12)9(11)10(8)14/h3-4,13-14H,2,5H2,1H3. The molecule has 1 aromatic rings. The maximum Gasteiger partial charge on any atom is 0.158 e. The van der Waals surface area contributed by atoms with Crippen molar-refractivity contribution >= 4 is 17.3 Å². The summed E-state index contributed by atoms with van der Waals surface area (Å²) in [5, 5.41) is 21.4. The molecule has 0 aliphatic rings. The molecule has 0 aliphatic heterocycles. The van der Waals surface area contributed by atoms with Crippen molar-refractivity contribution in [3.63, 3.8) is 0 Å². The van der Waals surface area contributed by atoms with Gasteiger partial charge < -0.3 is 10.4 Å². The lowest BCUT2D eigenvalue weighted by atomic mass is 10.2. The maximum atomic E-state index is 9.59. The molecule has 74 valence electrons. The Morgan fingerprint density at radius 2 is 2.29 bits per heavy atom. The molecule has 0 fully saturated rings. The van der Waals surface area contributed by atoms with E-state index in [0.717, 1.165) is 13.0 Å². The van der Waals surface area contributed by atoms with Crippen LogP contribution < -0.4 is 5.32 Å². The van der Waals surface area contributed by atoms with E-state index < -0.39 is 0 Å². The van der Waals surface area contributed by atoms with Crippen LogP contribution in [0, 0.1) is 11.3 Å². The van der Waals surface area contributed by atoms with Crippen LogP contribution in [0.2, 0.25) is 5.02 Å². The minimum Gasteiger partial charge on any atom is -0.504 e. The van der Waals surface area contributed by atoms with Gasteiger partial charge in [0.25, 0.3) is 0 Å². The minimum absolute atomic E-state index is 0.0563. The van der Waals surface area contributed by atoms with Gasteiger partial charge in [-0.15, -0.1) is 0 Å². The van der Waals surface area contributed by atoms with Crippen LogP contribution in [0.25, 0.3) is 0 Å². The van der Waals surface area contributed by atoms with E-state index in [1.54, 1.807) is 12.1 Å². The average molecular weight is 211 g/mol. The first-order chi connectivity index (χ1) is 6.70. The summed E-state index contributed by atoms with van der Waals surface area (Å²) < 4.78 is 0. The number of anilines is 1. The van der Waals surface area contributed by atoms with Crippen molar-refractivity contribution in [3.8, 4) is 11.8 Å². The smallest absolute Gasteiger partial charge is 0.158 e. The largest absolute Gasteiger partial charge is 0.504 e. The van der Waals surface area contributed by atoms with Gasteiger partial charge in [0, 0.05) is 6.54 Å². The first-order valence-electron chi connectivity index (χ1n) is 4.36. The number of halogens is 1. The molecule has 1 rings (SSSR count). The number of benzene rings is 1. The number of phenolic OH excluding ortho intramolecular Hbond substituents is 1. The highest BCUT2D eigenvalue weighted by Crippen LogP contribution is 2.34. The lowest BCUT2D eigenvalue weighted by Crippen LogP contribution is -2.00. The molecule has 0 saturated heterocycles. The van der Waals surface area contributed by atoms with Crippen molar-refractivity contribution in [2.75, 3.05) is 11.9 Å². The summed E-state index contributed by atoms with van der Waals surface area (Å²) in [5.74, 6) is -0.0563. The minimum atomic E-state index is -0.0563. The van der Waals surface area contributed by atoms with Crippen molar-refractivity contribution in [3.05, 3.63) is 22.7 Å². The first kappa shape index (κ1) is 10.7. The second kappa shape index (κ2) is 4.73. The van der Waals surface area contributed by atoms with Gasteiger partial charge in [0.1, 0.15) is 11.1 Å². The van der Waals surface area contributed by atoms with E-state index in [-0.39, 0.29) is 16.3 Å². The lowest BCUT2D eigenvalue weighted by molar-refractivity contribution is 0.477. The van der Waals surface area contributed by atoms with Gasteiger partial charge in [0.05, 0.1) is 11.3 Å². The monoisotopic (exact) mass is 210 g/mol. The Morgan fingerprint density at radius 3 is 2.86 bits per heavy atom. The Morgan fingerprint density at radius 1 is 1.57 bits per heavy atom. The number of nitriles is 1. The van der Waals surface area contributed by atoms with E-state index in [9.17, 15) is 5.11 Å². The number of rotatable bonds is 3. The molecule has 2 N–H and O–H groups in total. The SMILES string of the molecule is CCCNc1ccc(C#N)c(Cl)c1O. The number of phenols is 1. The Balaban J connectivity index is 3.00. The zero-order valence-electron chi connectivity index (χ0n) is 7.84. The molecule has 14 heavy (non-hydrogen) atoms. The van der Waals surface area contributed by atoms with Gasteiger partial charge in [-0.05, 0) is 18.6 Å². The summed E-state index contributed by atoms with van der Waals surface area (Å²) >= 11 is 5.76. The molecule has 0 radical (unpaired) electrons. The van der Waals surface area contributed by atoms with Crippen molar-refractivity contribution in [2.24, 2.45) is 0 Å². The van der Waals surface area contributed by atoms with E-state index in [2.05, 4.69) is 5.32 Å². The highest BCUT2D eigenvalue weighted by Gasteiger charge is 2.09. The fraction of sp³-hybridized carbons (Fsp3) is 0.300. The molecule has 0 unspecified atom stereocenters. The molecule has 0 spiro atoms. The third-order valence-corrected chi connectivity index (χ3v) is 2.18. The van der Waals surface area contributed by atoms with Crippen molar-refractivity contribution in [1.29, 1.82) is 5.26 Å². The zero-order valence-corrected chi connectivity index (χ0v) is 8.60. The van der Waals surface area contributed by atoms with E-state index in [1.165, 1.54) is 0 Å². The number of nitrogens with one attached hydrogen (secondary N) is 1. The third-order valence-electron chi connectivity index (χ3n) is 1.80. The van der Waals surface area contributed by atoms with Gasteiger partial charge in [-0.2, -0.15) is 5.26 Å². The summed E-state index contributed by atoms with van der Waals surface area (Å²) in [7, 11) is 0. The van der Waals surface area contributed by atoms with E-state index >= 15 is 0 Å². The molecule has 0 saturated carbocycles. The Bertz CT molecular complexity index is 371. The molecule has 0 heterocycles. The summed E-state index contributed by atoms with van der Waals surface area (Å²) in [4.78, 5) is 0. The predicted octanol–water partition coefficient (Wildman–Crippen LogP) is 2.74. The van der Waals surface area contributed by atoms with Gasteiger partial charge in [-0.25, -0.2) is 0 Å². The van der Waals surface area contributed by atoms with Gasteiger partial charge in [-0.3, -0.25) is 0 Å². The third kappa shape index (κ3) is 2.09. The van der Waals surface area contributed by atoms with Crippen molar-refractivity contribution in [1.82, 2.24) is 0 Å². The summed E-state index contributed by atoms with van der Waals surface area (Å²) in [6.45, 7) is 2.78. The van der Waals surface area contributed by atoms with E-state index in [1.807, 2.05) is 13.0 Å². The topological polar surface area (TPSA) is 56.0 Å². The van der Waals surface area contributed by atoms with Gasteiger partial charge >= 0.3 is 0 Å². The first-order valence-corrected chi connectivity index (χ1v) is 4.74.